The molecule has 3 rings (SSSR count). The first-order chi connectivity index (χ1) is 10.5. The van der Waals surface area contributed by atoms with Gasteiger partial charge in [-0.05, 0) is 36.9 Å². The minimum atomic E-state index is -3.43. The van der Waals surface area contributed by atoms with E-state index in [1.165, 1.54) is 0 Å². The van der Waals surface area contributed by atoms with Gasteiger partial charge in [0.25, 0.3) is 0 Å². The highest BCUT2D eigenvalue weighted by molar-refractivity contribution is 7.88. The topological polar surface area (TPSA) is 84.2 Å². The number of rotatable bonds is 5. The number of hydrogen-bond donors (Lipinski definition) is 2. The second kappa shape index (κ2) is 5.98. The van der Waals surface area contributed by atoms with Gasteiger partial charge in [-0.15, -0.1) is 0 Å². The van der Waals surface area contributed by atoms with Gasteiger partial charge in [-0.1, -0.05) is 24.2 Å². The van der Waals surface area contributed by atoms with Gasteiger partial charge in [-0.3, -0.25) is 0 Å². The first-order valence-electron chi connectivity index (χ1n) is 7.49. The predicted molar refractivity (Wildman–Crippen MR) is 84.8 cm³/mol. The number of para-hydroxylation sites is 1. The maximum absolute atomic E-state index is 12.3. The average molecular weight is 323 g/mol. The first-order valence-corrected chi connectivity index (χ1v) is 9.14. The molecule has 0 amide bonds. The van der Waals surface area contributed by atoms with Gasteiger partial charge in [0.1, 0.15) is 11.4 Å². The van der Waals surface area contributed by atoms with E-state index >= 15 is 0 Å². The lowest BCUT2D eigenvalue weighted by molar-refractivity contribution is 0.238. The molecule has 0 bridgehead atoms. The first kappa shape index (κ1) is 15.5. The van der Waals surface area contributed by atoms with Crippen LogP contribution in [0.25, 0.3) is 11.0 Å². The van der Waals surface area contributed by atoms with Crippen LogP contribution in [-0.2, 0) is 15.8 Å². The molecule has 1 atom stereocenters. The van der Waals surface area contributed by atoms with Crippen molar-refractivity contribution in [2.24, 2.45) is 5.41 Å². The summed E-state index contributed by atoms with van der Waals surface area (Å²) in [6.07, 6.45) is 2.10. The Morgan fingerprint density at radius 2 is 2.23 bits per heavy atom. The lowest BCUT2D eigenvalue weighted by Crippen LogP contribution is -2.45. The van der Waals surface area contributed by atoms with E-state index in [0.717, 1.165) is 31.3 Å². The molecule has 0 aliphatic carbocycles. The van der Waals surface area contributed by atoms with Crippen molar-refractivity contribution in [3.8, 4) is 0 Å². The Balaban J connectivity index is 1.68. The molecule has 1 aromatic heterocycles. The third-order valence-corrected chi connectivity index (χ3v) is 5.42. The molecule has 1 unspecified atom stereocenters. The van der Waals surface area contributed by atoms with Crippen molar-refractivity contribution in [1.82, 2.24) is 15.2 Å². The number of sulfonamides is 1. The summed E-state index contributed by atoms with van der Waals surface area (Å²) in [5, 5.41) is 7.95. The van der Waals surface area contributed by atoms with Crippen LogP contribution < -0.4 is 10.0 Å². The van der Waals surface area contributed by atoms with E-state index in [9.17, 15) is 8.42 Å². The summed E-state index contributed by atoms with van der Waals surface area (Å²) >= 11 is 0. The third-order valence-electron chi connectivity index (χ3n) is 4.18. The van der Waals surface area contributed by atoms with E-state index in [1.807, 2.05) is 18.2 Å². The molecule has 1 aliphatic rings. The third kappa shape index (κ3) is 3.48. The average Bonchev–Trinajstić information content (AvgIpc) is 2.89. The van der Waals surface area contributed by atoms with Crippen LogP contribution in [0.3, 0.4) is 0 Å². The van der Waals surface area contributed by atoms with Crippen LogP contribution in [0.4, 0.5) is 0 Å². The molecule has 22 heavy (non-hydrogen) atoms. The molecule has 2 N–H and O–H groups in total. The van der Waals surface area contributed by atoms with Gasteiger partial charge in [0.15, 0.2) is 5.58 Å². The van der Waals surface area contributed by atoms with E-state index in [-0.39, 0.29) is 11.2 Å². The van der Waals surface area contributed by atoms with Crippen LogP contribution in [0.15, 0.2) is 28.8 Å². The lowest BCUT2D eigenvalue weighted by Gasteiger charge is -2.34. The van der Waals surface area contributed by atoms with Gasteiger partial charge >= 0.3 is 0 Å². The van der Waals surface area contributed by atoms with Gasteiger partial charge in [0.05, 0.1) is 0 Å². The second-order valence-corrected chi connectivity index (χ2v) is 8.10. The minimum absolute atomic E-state index is 0.0305. The second-order valence-electron chi connectivity index (χ2n) is 6.30. The van der Waals surface area contributed by atoms with Crippen LogP contribution in [0.1, 0.15) is 25.5 Å². The van der Waals surface area contributed by atoms with E-state index < -0.39 is 10.0 Å². The predicted octanol–water partition coefficient (Wildman–Crippen LogP) is 1.64. The Labute approximate surface area is 130 Å². The highest BCUT2D eigenvalue weighted by Gasteiger charge is 2.28. The maximum Gasteiger partial charge on any atom is 0.217 e. The molecule has 0 spiro atoms. The molecule has 2 heterocycles. The Morgan fingerprint density at radius 3 is 3.00 bits per heavy atom. The zero-order valence-corrected chi connectivity index (χ0v) is 13.4. The molecule has 2 aromatic rings. The van der Waals surface area contributed by atoms with Gasteiger partial charge < -0.3 is 9.84 Å². The van der Waals surface area contributed by atoms with Crippen molar-refractivity contribution in [2.75, 3.05) is 19.6 Å². The van der Waals surface area contributed by atoms with Crippen LogP contribution in [0.2, 0.25) is 0 Å². The monoisotopic (exact) mass is 323 g/mol. The molecule has 120 valence electrons. The van der Waals surface area contributed by atoms with Gasteiger partial charge in [-0.25, -0.2) is 13.1 Å². The number of hydrogen-bond acceptors (Lipinski definition) is 5. The normalized spacial score (nSPS) is 23.0. The molecule has 1 fully saturated rings. The Bertz CT molecular complexity index is 748. The van der Waals surface area contributed by atoms with E-state index in [4.69, 9.17) is 4.52 Å². The van der Waals surface area contributed by atoms with Gasteiger partial charge in [0.2, 0.25) is 10.0 Å². The maximum atomic E-state index is 12.3. The van der Waals surface area contributed by atoms with Gasteiger partial charge in [0, 0.05) is 18.5 Å². The summed E-state index contributed by atoms with van der Waals surface area (Å²) in [6.45, 7) is 4.39. The molecule has 6 nitrogen and oxygen atoms in total. The number of nitrogens with zero attached hydrogens (tertiary/aromatic N) is 1. The molecule has 0 saturated carbocycles. The van der Waals surface area contributed by atoms with Crippen molar-refractivity contribution in [3.05, 3.63) is 30.0 Å². The molecular formula is C15H21N3O3S. The summed E-state index contributed by atoms with van der Waals surface area (Å²) < 4.78 is 32.5. The summed E-state index contributed by atoms with van der Waals surface area (Å²) in [6, 6.07) is 7.28. The van der Waals surface area contributed by atoms with Crippen LogP contribution in [0, 0.1) is 5.41 Å². The fraction of sp³-hybridized carbons (Fsp3) is 0.533. The summed E-state index contributed by atoms with van der Waals surface area (Å²) in [5.41, 5.74) is 1.03. The van der Waals surface area contributed by atoms with E-state index in [1.54, 1.807) is 6.07 Å². The zero-order valence-electron chi connectivity index (χ0n) is 12.6. The minimum Gasteiger partial charge on any atom is -0.356 e. The van der Waals surface area contributed by atoms with E-state index in [0.29, 0.717) is 17.8 Å². The number of fused-ring (bicyclic) bond motifs is 1. The Morgan fingerprint density at radius 1 is 1.41 bits per heavy atom. The van der Waals surface area contributed by atoms with Crippen LogP contribution in [-0.4, -0.2) is 33.2 Å². The Hall–Kier alpha value is -1.44. The lowest BCUT2D eigenvalue weighted by atomic mass is 9.83. The highest BCUT2D eigenvalue weighted by Crippen LogP contribution is 2.25. The van der Waals surface area contributed by atoms with Crippen molar-refractivity contribution in [2.45, 2.75) is 25.5 Å². The number of piperidine rings is 1. The molecule has 7 heteroatoms. The Kier molecular flexibility index (Phi) is 4.20. The molecule has 1 aromatic carbocycles. The molecule has 1 saturated heterocycles. The highest BCUT2D eigenvalue weighted by atomic mass is 32.2. The summed E-state index contributed by atoms with van der Waals surface area (Å²) in [4.78, 5) is 0. The molecule has 1 aliphatic heterocycles. The smallest absolute Gasteiger partial charge is 0.217 e. The van der Waals surface area contributed by atoms with Crippen LogP contribution in [0.5, 0.6) is 0 Å². The van der Waals surface area contributed by atoms with Crippen molar-refractivity contribution < 1.29 is 12.9 Å². The van der Waals surface area contributed by atoms with E-state index in [2.05, 4.69) is 22.1 Å². The fourth-order valence-corrected chi connectivity index (χ4v) is 4.07. The van der Waals surface area contributed by atoms with Crippen molar-refractivity contribution in [3.63, 3.8) is 0 Å². The quantitative estimate of drug-likeness (QED) is 0.874. The zero-order chi connectivity index (χ0) is 15.6. The van der Waals surface area contributed by atoms with Gasteiger partial charge in [-0.2, -0.15) is 0 Å². The number of nitrogens with one attached hydrogen (secondary N) is 2. The number of benzene rings is 1. The summed E-state index contributed by atoms with van der Waals surface area (Å²) in [5.74, 6) is -0.159. The fourth-order valence-electron chi connectivity index (χ4n) is 2.83. The largest absolute Gasteiger partial charge is 0.356 e. The van der Waals surface area contributed by atoms with Crippen molar-refractivity contribution >= 4 is 21.0 Å². The van der Waals surface area contributed by atoms with Crippen LogP contribution >= 0.6 is 0 Å². The molecular weight excluding hydrogens is 302 g/mol. The number of aromatic nitrogens is 1. The SMILES string of the molecule is CC1(CNS(=O)(=O)Cc2noc3ccccc23)CCCNC1. The standard InChI is InChI=1S/C15H21N3O3S/c1-15(7-4-8-16-10-15)11-17-22(19,20)9-13-12-5-2-3-6-14(12)21-18-13/h2-3,5-6,16-17H,4,7-11H2,1H3. The van der Waals surface area contributed by atoms with Crippen molar-refractivity contribution in [1.29, 1.82) is 0 Å². The molecule has 0 radical (unpaired) electrons. The summed E-state index contributed by atoms with van der Waals surface area (Å²) in [7, 11) is -3.43.